The topological polar surface area (TPSA) is 20.3 Å². The number of benzene rings is 3. The maximum atomic E-state index is 13.3. The monoisotopic (exact) mass is 369 g/mol. The molecule has 0 heterocycles. The zero-order chi connectivity index (χ0) is 17.6. The van der Waals surface area contributed by atoms with Crippen LogP contribution in [0.3, 0.4) is 0 Å². The summed E-state index contributed by atoms with van der Waals surface area (Å²) in [6.45, 7) is 2.69. The third-order valence-corrected chi connectivity index (χ3v) is 5.92. The van der Waals surface area contributed by atoms with Gasteiger partial charge in [0, 0.05) is 17.6 Å². The molecule has 1 unspecified atom stereocenters. The Morgan fingerprint density at radius 1 is 0.880 bits per heavy atom. The zero-order valence-electron chi connectivity index (χ0n) is 14.0. The second kappa shape index (κ2) is 8.43. The first kappa shape index (κ1) is 17.9. The molecule has 3 aromatic rings. The number of halogens is 1. The van der Waals surface area contributed by atoms with Crippen molar-refractivity contribution in [3.63, 3.8) is 0 Å². The van der Waals surface area contributed by atoms with Crippen LogP contribution in [-0.2, 0) is 17.5 Å². The van der Waals surface area contributed by atoms with Crippen LogP contribution < -0.4 is 0 Å². The van der Waals surface area contributed by atoms with Gasteiger partial charge in [0.25, 0.3) is 0 Å². The normalized spacial score (nSPS) is 13.6. The Kier molecular flexibility index (Phi) is 6.03. The van der Waals surface area contributed by atoms with E-state index in [-0.39, 0.29) is 6.04 Å². The molecule has 2 atom stereocenters. The SMILES string of the molecule is C[C@H](c1ccccc1)N(Cc1ccccc1)S(=O)c1ccc(Cl)cc1. The smallest absolute Gasteiger partial charge is 0.128 e. The molecule has 0 aromatic heterocycles. The van der Waals surface area contributed by atoms with Crippen molar-refractivity contribution in [1.82, 2.24) is 4.31 Å². The van der Waals surface area contributed by atoms with Crippen LogP contribution in [0.1, 0.15) is 24.1 Å². The minimum Gasteiger partial charge on any atom is -0.237 e. The van der Waals surface area contributed by atoms with Gasteiger partial charge in [0.2, 0.25) is 0 Å². The van der Waals surface area contributed by atoms with Crippen molar-refractivity contribution >= 4 is 22.6 Å². The van der Waals surface area contributed by atoms with E-state index in [2.05, 4.69) is 31.2 Å². The maximum Gasteiger partial charge on any atom is 0.128 e. The number of hydrogen-bond donors (Lipinski definition) is 0. The van der Waals surface area contributed by atoms with Crippen LogP contribution in [0, 0.1) is 0 Å². The largest absolute Gasteiger partial charge is 0.237 e. The van der Waals surface area contributed by atoms with Gasteiger partial charge in [0.15, 0.2) is 0 Å². The molecule has 0 spiro atoms. The molecule has 0 aliphatic rings. The van der Waals surface area contributed by atoms with Gasteiger partial charge in [-0.25, -0.2) is 8.51 Å². The molecule has 0 saturated carbocycles. The molecule has 0 bridgehead atoms. The van der Waals surface area contributed by atoms with Crippen molar-refractivity contribution in [1.29, 1.82) is 0 Å². The molecular weight excluding hydrogens is 350 g/mol. The van der Waals surface area contributed by atoms with Gasteiger partial charge >= 0.3 is 0 Å². The van der Waals surface area contributed by atoms with E-state index in [1.54, 1.807) is 12.1 Å². The van der Waals surface area contributed by atoms with Crippen LogP contribution in [0.4, 0.5) is 0 Å². The van der Waals surface area contributed by atoms with Crippen LogP contribution in [0.2, 0.25) is 5.02 Å². The number of hydrogen-bond acceptors (Lipinski definition) is 1. The molecule has 128 valence electrons. The van der Waals surface area contributed by atoms with Crippen LogP contribution in [0.5, 0.6) is 0 Å². The molecule has 25 heavy (non-hydrogen) atoms. The highest BCUT2D eigenvalue weighted by Gasteiger charge is 2.23. The van der Waals surface area contributed by atoms with E-state index in [1.165, 1.54) is 0 Å². The predicted octanol–water partition coefficient (Wildman–Crippen LogP) is 5.63. The summed E-state index contributed by atoms with van der Waals surface area (Å²) in [5.74, 6) is 0. The fourth-order valence-electron chi connectivity index (χ4n) is 2.69. The summed E-state index contributed by atoms with van der Waals surface area (Å²) < 4.78 is 15.3. The fourth-order valence-corrected chi connectivity index (χ4v) is 4.13. The Hall–Kier alpha value is -1.94. The number of nitrogens with zero attached hydrogens (tertiary/aromatic N) is 1. The standard InChI is InChI=1S/C21H20ClNOS/c1-17(19-10-6-3-7-11-19)23(16-18-8-4-2-5-9-18)25(24)21-14-12-20(22)13-15-21/h2-15,17H,16H2,1H3/t17-,25?/m1/s1. The van der Waals surface area contributed by atoms with Crippen LogP contribution in [0.15, 0.2) is 89.8 Å². The second-order valence-corrected chi connectivity index (χ2v) is 7.73. The zero-order valence-corrected chi connectivity index (χ0v) is 15.6. The predicted molar refractivity (Wildman–Crippen MR) is 105 cm³/mol. The number of rotatable bonds is 6. The van der Waals surface area contributed by atoms with E-state index in [9.17, 15) is 4.21 Å². The lowest BCUT2D eigenvalue weighted by Crippen LogP contribution is -2.29. The molecule has 0 saturated heterocycles. The summed E-state index contributed by atoms with van der Waals surface area (Å²) in [6, 6.07) is 27.5. The molecule has 3 aromatic carbocycles. The third kappa shape index (κ3) is 4.57. The van der Waals surface area contributed by atoms with E-state index in [0.717, 1.165) is 16.0 Å². The lowest BCUT2D eigenvalue weighted by Gasteiger charge is -2.28. The Morgan fingerprint density at radius 3 is 2.04 bits per heavy atom. The Labute approximate surface area is 156 Å². The highest BCUT2D eigenvalue weighted by Crippen LogP contribution is 2.27. The Balaban J connectivity index is 1.93. The summed E-state index contributed by atoms with van der Waals surface area (Å²) in [4.78, 5) is 0.753. The van der Waals surface area contributed by atoms with Crippen molar-refractivity contribution in [3.8, 4) is 0 Å². The van der Waals surface area contributed by atoms with Gasteiger partial charge in [-0.15, -0.1) is 0 Å². The molecule has 0 amide bonds. The molecule has 0 fully saturated rings. The molecule has 3 rings (SSSR count). The van der Waals surface area contributed by atoms with Crippen LogP contribution in [-0.4, -0.2) is 8.51 Å². The molecular formula is C21H20ClNOS. The fraction of sp³-hybridized carbons (Fsp3) is 0.143. The summed E-state index contributed by atoms with van der Waals surface area (Å²) in [5, 5.41) is 0.645. The van der Waals surface area contributed by atoms with Gasteiger partial charge in [0.05, 0.1) is 4.90 Å². The maximum absolute atomic E-state index is 13.3. The highest BCUT2D eigenvalue weighted by molar-refractivity contribution is 7.82. The minimum absolute atomic E-state index is 0.0120. The average Bonchev–Trinajstić information content (AvgIpc) is 2.67. The first-order valence-electron chi connectivity index (χ1n) is 8.18. The summed E-state index contributed by atoms with van der Waals surface area (Å²) in [6.07, 6.45) is 0. The van der Waals surface area contributed by atoms with E-state index in [1.807, 2.05) is 52.8 Å². The van der Waals surface area contributed by atoms with Crippen molar-refractivity contribution in [2.75, 3.05) is 0 Å². The van der Waals surface area contributed by atoms with E-state index in [0.29, 0.717) is 11.6 Å². The first-order valence-corrected chi connectivity index (χ1v) is 9.66. The van der Waals surface area contributed by atoms with Crippen molar-refractivity contribution in [2.24, 2.45) is 0 Å². The minimum atomic E-state index is -1.29. The van der Waals surface area contributed by atoms with Crippen LogP contribution >= 0.6 is 11.6 Å². The van der Waals surface area contributed by atoms with Gasteiger partial charge in [-0.1, -0.05) is 72.3 Å². The summed E-state index contributed by atoms with van der Waals surface area (Å²) in [5.41, 5.74) is 2.27. The lowest BCUT2D eigenvalue weighted by molar-refractivity contribution is 0.358. The van der Waals surface area contributed by atoms with Gasteiger partial charge in [-0.3, -0.25) is 0 Å². The Bertz CT molecular complexity index is 822. The van der Waals surface area contributed by atoms with Gasteiger partial charge in [-0.2, -0.15) is 0 Å². The molecule has 0 aliphatic carbocycles. The van der Waals surface area contributed by atoms with Crippen molar-refractivity contribution < 1.29 is 4.21 Å². The molecule has 4 heteroatoms. The third-order valence-electron chi connectivity index (χ3n) is 4.12. The summed E-state index contributed by atoms with van der Waals surface area (Å²) >= 11 is 5.97. The van der Waals surface area contributed by atoms with Crippen molar-refractivity contribution in [3.05, 3.63) is 101 Å². The van der Waals surface area contributed by atoms with Gasteiger partial charge < -0.3 is 0 Å². The lowest BCUT2D eigenvalue weighted by atomic mass is 10.1. The molecule has 2 nitrogen and oxygen atoms in total. The van der Waals surface area contributed by atoms with Crippen LogP contribution in [0.25, 0.3) is 0 Å². The van der Waals surface area contributed by atoms with E-state index < -0.39 is 11.0 Å². The first-order chi connectivity index (χ1) is 12.1. The van der Waals surface area contributed by atoms with E-state index in [4.69, 9.17) is 11.6 Å². The highest BCUT2D eigenvalue weighted by atomic mass is 35.5. The molecule has 0 aliphatic heterocycles. The molecule has 0 N–H and O–H groups in total. The van der Waals surface area contributed by atoms with Crippen molar-refractivity contribution in [2.45, 2.75) is 24.4 Å². The molecule has 0 radical (unpaired) electrons. The van der Waals surface area contributed by atoms with E-state index >= 15 is 0 Å². The van der Waals surface area contributed by atoms with Gasteiger partial charge in [0.1, 0.15) is 11.0 Å². The summed E-state index contributed by atoms with van der Waals surface area (Å²) in [7, 11) is -1.29. The van der Waals surface area contributed by atoms with Gasteiger partial charge in [-0.05, 0) is 42.3 Å². The second-order valence-electron chi connectivity index (χ2n) is 5.85. The Morgan fingerprint density at radius 2 is 1.44 bits per heavy atom. The quantitative estimate of drug-likeness (QED) is 0.551. The average molecular weight is 370 g/mol.